The van der Waals surface area contributed by atoms with Crippen LogP contribution < -0.4 is 10.3 Å². The topological polar surface area (TPSA) is 95.5 Å². The van der Waals surface area contributed by atoms with Crippen LogP contribution in [0.1, 0.15) is 10.4 Å². The van der Waals surface area contributed by atoms with Gasteiger partial charge in [0.25, 0.3) is 15.9 Å². The molecular formula is C13H10F2N2O4S. The predicted octanol–water partition coefficient (Wildman–Crippen LogP) is 1.29. The van der Waals surface area contributed by atoms with E-state index < -0.39 is 32.5 Å². The molecule has 0 aliphatic heterocycles. The number of hydrogen-bond donors (Lipinski definition) is 3. The van der Waals surface area contributed by atoms with E-state index in [4.69, 9.17) is 0 Å². The van der Waals surface area contributed by atoms with E-state index in [1.807, 2.05) is 0 Å². The number of carbonyl (C=O) groups excluding carboxylic acids is 1. The highest BCUT2D eigenvalue weighted by molar-refractivity contribution is 7.89. The van der Waals surface area contributed by atoms with E-state index in [-0.39, 0.29) is 11.3 Å². The Morgan fingerprint density at radius 3 is 2.23 bits per heavy atom. The Hall–Kier alpha value is -2.52. The lowest BCUT2D eigenvalue weighted by Gasteiger charge is -2.10. The molecule has 0 spiro atoms. The van der Waals surface area contributed by atoms with Gasteiger partial charge in [0.2, 0.25) is 0 Å². The number of phenols is 1. The van der Waals surface area contributed by atoms with Crippen molar-refractivity contribution in [1.29, 1.82) is 0 Å². The molecule has 0 aliphatic carbocycles. The maximum atomic E-state index is 13.4. The molecule has 0 aromatic heterocycles. The van der Waals surface area contributed by atoms with Gasteiger partial charge in [0, 0.05) is 5.56 Å². The van der Waals surface area contributed by atoms with Crippen LogP contribution in [0.4, 0.5) is 8.78 Å². The molecule has 3 N–H and O–H groups in total. The summed E-state index contributed by atoms with van der Waals surface area (Å²) in [4.78, 5) is 12.1. The maximum Gasteiger partial charge on any atom is 0.266 e. The number of nitrogens with one attached hydrogen (secondary N) is 2. The minimum Gasteiger partial charge on any atom is -0.508 e. The van der Waals surface area contributed by atoms with Gasteiger partial charge in [0.05, 0.1) is 0 Å². The summed E-state index contributed by atoms with van der Waals surface area (Å²) >= 11 is 0. The molecule has 116 valence electrons. The standard InChI is InChI=1S/C13H10F2N2O4S/c14-10-5-2-6-11(15)12(10)22(20,21)17-16-13(19)8-3-1-4-9(18)7-8/h1-7,17-18H,(H,16,19). The molecule has 0 unspecified atom stereocenters. The lowest BCUT2D eigenvalue weighted by Crippen LogP contribution is -2.42. The van der Waals surface area contributed by atoms with E-state index in [1.165, 1.54) is 18.2 Å². The summed E-state index contributed by atoms with van der Waals surface area (Å²) in [6.45, 7) is 0. The van der Waals surface area contributed by atoms with Gasteiger partial charge in [-0.2, -0.15) is 0 Å². The third-order valence-electron chi connectivity index (χ3n) is 2.59. The number of benzene rings is 2. The summed E-state index contributed by atoms with van der Waals surface area (Å²) in [6.07, 6.45) is 0. The molecule has 2 aromatic carbocycles. The largest absolute Gasteiger partial charge is 0.508 e. The van der Waals surface area contributed by atoms with E-state index in [2.05, 4.69) is 0 Å². The lowest BCUT2D eigenvalue weighted by atomic mass is 10.2. The van der Waals surface area contributed by atoms with Crippen molar-refractivity contribution in [2.45, 2.75) is 4.90 Å². The van der Waals surface area contributed by atoms with Gasteiger partial charge in [-0.25, -0.2) is 17.2 Å². The first-order valence-corrected chi connectivity index (χ1v) is 7.35. The Morgan fingerprint density at radius 2 is 1.64 bits per heavy atom. The summed E-state index contributed by atoms with van der Waals surface area (Å²) in [5.41, 5.74) is 1.75. The normalized spacial score (nSPS) is 11.2. The van der Waals surface area contributed by atoms with Crippen molar-refractivity contribution in [3.8, 4) is 5.75 Å². The Morgan fingerprint density at radius 1 is 1.05 bits per heavy atom. The van der Waals surface area contributed by atoms with Crippen molar-refractivity contribution in [3.63, 3.8) is 0 Å². The summed E-state index contributed by atoms with van der Waals surface area (Å²) in [6, 6.07) is 7.64. The molecule has 0 heterocycles. The highest BCUT2D eigenvalue weighted by Gasteiger charge is 2.24. The smallest absolute Gasteiger partial charge is 0.266 e. The first-order valence-electron chi connectivity index (χ1n) is 5.86. The van der Waals surface area contributed by atoms with E-state index in [1.54, 1.807) is 10.3 Å². The fourth-order valence-electron chi connectivity index (χ4n) is 1.62. The molecule has 0 fully saturated rings. The molecule has 0 saturated heterocycles. The Kier molecular flexibility index (Phi) is 4.38. The second-order valence-electron chi connectivity index (χ2n) is 4.16. The lowest BCUT2D eigenvalue weighted by molar-refractivity contribution is 0.0944. The molecule has 0 aliphatic rings. The summed E-state index contributed by atoms with van der Waals surface area (Å²) in [5.74, 6) is -3.69. The van der Waals surface area contributed by atoms with Gasteiger partial charge < -0.3 is 5.11 Å². The molecule has 2 rings (SSSR count). The second-order valence-corrected chi connectivity index (χ2v) is 5.78. The van der Waals surface area contributed by atoms with Gasteiger partial charge in [-0.3, -0.25) is 10.2 Å². The van der Waals surface area contributed by atoms with Gasteiger partial charge in [0.15, 0.2) is 4.90 Å². The van der Waals surface area contributed by atoms with Crippen LogP contribution in [0, 0.1) is 11.6 Å². The van der Waals surface area contributed by atoms with E-state index in [9.17, 15) is 27.1 Å². The average Bonchev–Trinajstić information content (AvgIpc) is 2.44. The van der Waals surface area contributed by atoms with Gasteiger partial charge in [-0.15, -0.1) is 4.83 Å². The molecule has 1 amide bonds. The number of halogens is 2. The third kappa shape index (κ3) is 3.38. The number of sulfonamides is 1. The zero-order chi connectivity index (χ0) is 16.3. The fourth-order valence-corrected chi connectivity index (χ4v) is 2.60. The number of aromatic hydroxyl groups is 1. The minimum absolute atomic E-state index is 0.0447. The monoisotopic (exact) mass is 328 g/mol. The molecule has 0 saturated carbocycles. The van der Waals surface area contributed by atoms with Crippen molar-refractivity contribution in [2.75, 3.05) is 0 Å². The molecule has 9 heteroatoms. The molecule has 2 aromatic rings. The summed E-state index contributed by atoms with van der Waals surface area (Å²) in [7, 11) is -4.63. The average molecular weight is 328 g/mol. The molecule has 0 atom stereocenters. The number of amides is 1. The predicted molar refractivity (Wildman–Crippen MR) is 72.3 cm³/mol. The SMILES string of the molecule is O=C(NNS(=O)(=O)c1c(F)cccc1F)c1cccc(O)c1. The van der Waals surface area contributed by atoms with E-state index in [0.717, 1.165) is 24.3 Å². The van der Waals surface area contributed by atoms with Crippen molar-refractivity contribution in [1.82, 2.24) is 10.3 Å². The Labute approximate surface area is 124 Å². The van der Waals surface area contributed by atoms with Crippen molar-refractivity contribution < 1.29 is 27.1 Å². The highest BCUT2D eigenvalue weighted by Crippen LogP contribution is 2.17. The molecule has 6 nitrogen and oxygen atoms in total. The minimum atomic E-state index is -4.63. The number of carbonyl (C=O) groups is 1. The van der Waals surface area contributed by atoms with E-state index >= 15 is 0 Å². The van der Waals surface area contributed by atoms with Gasteiger partial charge in [-0.1, -0.05) is 12.1 Å². The fraction of sp³-hybridized carbons (Fsp3) is 0. The molecule has 0 bridgehead atoms. The van der Waals surface area contributed by atoms with Crippen molar-refractivity contribution in [3.05, 3.63) is 59.7 Å². The molecule has 0 radical (unpaired) electrons. The van der Waals surface area contributed by atoms with Crippen LogP contribution >= 0.6 is 0 Å². The Balaban J connectivity index is 2.18. The van der Waals surface area contributed by atoms with Gasteiger partial charge in [-0.05, 0) is 30.3 Å². The third-order valence-corrected chi connectivity index (χ3v) is 3.89. The molecular weight excluding hydrogens is 318 g/mol. The molecule has 22 heavy (non-hydrogen) atoms. The number of hydrogen-bond acceptors (Lipinski definition) is 4. The zero-order valence-electron chi connectivity index (χ0n) is 10.9. The number of phenolic OH excluding ortho intramolecular Hbond substituents is 1. The van der Waals surface area contributed by atoms with Crippen LogP contribution in [-0.2, 0) is 10.0 Å². The van der Waals surface area contributed by atoms with Gasteiger partial charge in [0.1, 0.15) is 17.4 Å². The highest BCUT2D eigenvalue weighted by atomic mass is 32.2. The van der Waals surface area contributed by atoms with Crippen LogP contribution in [0.3, 0.4) is 0 Å². The van der Waals surface area contributed by atoms with Gasteiger partial charge >= 0.3 is 0 Å². The quantitative estimate of drug-likeness (QED) is 0.737. The summed E-state index contributed by atoms with van der Waals surface area (Å²) < 4.78 is 50.5. The first kappa shape index (κ1) is 15.9. The van der Waals surface area contributed by atoms with Crippen LogP contribution in [-0.4, -0.2) is 19.4 Å². The van der Waals surface area contributed by atoms with Crippen LogP contribution in [0.5, 0.6) is 5.75 Å². The van der Waals surface area contributed by atoms with Crippen molar-refractivity contribution >= 4 is 15.9 Å². The number of rotatable bonds is 4. The van der Waals surface area contributed by atoms with Crippen LogP contribution in [0.15, 0.2) is 47.4 Å². The zero-order valence-corrected chi connectivity index (χ0v) is 11.7. The maximum absolute atomic E-state index is 13.4. The second kappa shape index (κ2) is 6.08. The van der Waals surface area contributed by atoms with E-state index in [0.29, 0.717) is 0 Å². The van der Waals surface area contributed by atoms with Crippen LogP contribution in [0.25, 0.3) is 0 Å². The van der Waals surface area contributed by atoms with Crippen molar-refractivity contribution in [2.24, 2.45) is 0 Å². The van der Waals surface area contributed by atoms with Crippen LogP contribution in [0.2, 0.25) is 0 Å². The number of hydrazine groups is 1. The first-order chi connectivity index (χ1) is 10.3. The summed E-state index contributed by atoms with van der Waals surface area (Å²) in [5, 5.41) is 9.22. The Bertz CT molecular complexity index is 804.